The Labute approximate surface area is 102 Å². The lowest BCUT2D eigenvalue weighted by molar-refractivity contribution is 0.0758. The average molecular weight is 229 g/mol. The molecule has 0 fully saturated rings. The molecule has 0 saturated carbocycles. The summed E-state index contributed by atoms with van der Waals surface area (Å²) in [5.41, 5.74) is 5.68. The van der Waals surface area contributed by atoms with E-state index in [9.17, 15) is 5.11 Å². The fourth-order valence-corrected chi connectivity index (χ4v) is 2.22. The number of hydrogen-bond acceptors (Lipinski definition) is 2. The molecule has 0 amide bonds. The third-order valence-corrected chi connectivity index (χ3v) is 3.48. The van der Waals surface area contributed by atoms with Crippen LogP contribution in [0.1, 0.15) is 65.7 Å². The number of aliphatic hydroxyl groups excluding tert-OH is 1. The largest absolute Gasteiger partial charge is 0.393 e. The maximum absolute atomic E-state index is 10.0. The molecule has 0 aromatic rings. The quantitative estimate of drug-likeness (QED) is 0.564. The second kappa shape index (κ2) is 10.1. The van der Waals surface area contributed by atoms with Crippen molar-refractivity contribution in [1.82, 2.24) is 0 Å². The van der Waals surface area contributed by atoms with E-state index >= 15 is 0 Å². The molecule has 3 N–H and O–H groups in total. The Morgan fingerprint density at radius 3 is 2.06 bits per heavy atom. The van der Waals surface area contributed by atoms with E-state index in [1.54, 1.807) is 0 Å². The van der Waals surface area contributed by atoms with Crippen molar-refractivity contribution in [3.8, 4) is 0 Å². The van der Waals surface area contributed by atoms with Gasteiger partial charge >= 0.3 is 0 Å². The molecule has 0 saturated heterocycles. The molecule has 0 aliphatic carbocycles. The Morgan fingerprint density at radius 1 is 1.00 bits per heavy atom. The van der Waals surface area contributed by atoms with E-state index in [-0.39, 0.29) is 12.0 Å². The van der Waals surface area contributed by atoms with Crippen LogP contribution in [0.3, 0.4) is 0 Å². The molecule has 16 heavy (non-hydrogen) atoms. The highest BCUT2D eigenvalue weighted by Gasteiger charge is 2.20. The van der Waals surface area contributed by atoms with Crippen LogP contribution >= 0.6 is 0 Å². The first kappa shape index (κ1) is 15.9. The van der Waals surface area contributed by atoms with Crippen LogP contribution in [-0.4, -0.2) is 17.8 Å². The highest BCUT2D eigenvalue weighted by atomic mass is 16.3. The molecule has 0 heterocycles. The molecule has 0 rings (SSSR count). The number of aliphatic hydroxyl groups is 1. The Kier molecular flexibility index (Phi) is 10.0. The molecule has 2 atom stereocenters. The summed E-state index contributed by atoms with van der Waals surface area (Å²) in [6.07, 6.45) is 8.43. The predicted molar refractivity (Wildman–Crippen MR) is 71.4 cm³/mol. The molecule has 0 aliphatic rings. The molecule has 0 radical (unpaired) electrons. The van der Waals surface area contributed by atoms with Crippen LogP contribution in [0.2, 0.25) is 0 Å². The van der Waals surface area contributed by atoms with Gasteiger partial charge in [-0.05, 0) is 24.8 Å². The monoisotopic (exact) mass is 229 g/mol. The van der Waals surface area contributed by atoms with Crippen LogP contribution in [0.25, 0.3) is 0 Å². The van der Waals surface area contributed by atoms with Crippen LogP contribution in [0.15, 0.2) is 0 Å². The van der Waals surface area contributed by atoms with Gasteiger partial charge in [0.2, 0.25) is 0 Å². The molecule has 0 bridgehead atoms. The summed E-state index contributed by atoms with van der Waals surface area (Å²) in [5.74, 6) is 0.760. The first-order valence-corrected chi connectivity index (χ1v) is 7.01. The second-order valence-electron chi connectivity index (χ2n) is 5.27. The van der Waals surface area contributed by atoms with Crippen molar-refractivity contribution in [2.45, 2.75) is 71.8 Å². The highest BCUT2D eigenvalue weighted by molar-refractivity contribution is 4.72. The van der Waals surface area contributed by atoms with Crippen molar-refractivity contribution in [3.63, 3.8) is 0 Å². The Morgan fingerprint density at radius 2 is 1.56 bits per heavy atom. The molecular weight excluding hydrogens is 198 g/mol. The van der Waals surface area contributed by atoms with E-state index in [4.69, 9.17) is 5.73 Å². The summed E-state index contributed by atoms with van der Waals surface area (Å²) in [6, 6.07) is 0. The van der Waals surface area contributed by atoms with Gasteiger partial charge in [0.1, 0.15) is 0 Å². The zero-order valence-electron chi connectivity index (χ0n) is 11.4. The van der Waals surface area contributed by atoms with Crippen LogP contribution in [0, 0.1) is 11.8 Å². The van der Waals surface area contributed by atoms with E-state index < -0.39 is 0 Å². The zero-order valence-corrected chi connectivity index (χ0v) is 11.4. The van der Waals surface area contributed by atoms with Gasteiger partial charge in [-0.2, -0.15) is 0 Å². The van der Waals surface area contributed by atoms with Crippen molar-refractivity contribution >= 4 is 0 Å². The van der Waals surface area contributed by atoms with Gasteiger partial charge in [0.25, 0.3) is 0 Å². The van der Waals surface area contributed by atoms with Crippen molar-refractivity contribution in [2.24, 2.45) is 17.6 Å². The lowest BCUT2D eigenvalue weighted by Crippen LogP contribution is -2.31. The van der Waals surface area contributed by atoms with Gasteiger partial charge in [-0.1, -0.05) is 59.3 Å². The topological polar surface area (TPSA) is 46.2 Å². The van der Waals surface area contributed by atoms with Gasteiger partial charge in [0.15, 0.2) is 0 Å². The maximum Gasteiger partial charge on any atom is 0.0582 e. The third-order valence-electron chi connectivity index (χ3n) is 3.48. The average Bonchev–Trinajstić information content (AvgIpc) is 2.23. The van der Waals surface area contributed by atoms with Crippen LogP contribution in [0.5, 0.6) is 0 Å². The molecule has 0 aliphatic heterocycles. The number of rotatable bonds is 10. The Hall–Kier alpha value is -0.0800. The van der Waals surface area contributed by atoms with Crippen molar-refractivity contribution < 1.29 is 5.11 Å². The van der Waals surface area contributed by atoms with Crippen LogP contribution in [0.4, 0.5) is 0 Å². The van der Waals surface area contributed by atoms with Crippen molar-refractivity contribution in [3.05, 3.63) is 0 Å². The lowest BCUT2D eigenvalue weighted by atomic mass is 9.87. The van der Waals surface area contributed by atoms with E-state index in [0.29, 0.717) is 12.5 Å². The normalized spacial score (nSPS) is 15.4. The number of hydrogen-bond donors (Lipinski definition) is 2. The first-order valence-electron chi connectivity index (χ1n) is 7.01. The second-order valence-corrected chi connectivity index (χ2v) is 5.27. The zero-order chi connectivity index (χ0) is 12.4. The minimum absolute atomic E-state index is 0.198. The molecule has 98 valence electrons. The van der Waals surface area contributed by atoms with E-state index in [1.165, 1.54) is 32.1 Å². The fraction of sp³-hybridized carbons (Fsp3) is 1.00. The van der Waals surface area contributed by atoms with Crippen LogP contribution < -0.4 is 5.73 Å². The SMILES string of the molecule is CCCCCCCCC(O)C(CN)C(C)C. The molecule has 0 aromatic heterocycles. The molecule has 2 unspecified atom stereocenters. The van der Waals surface area contributed by atoms with Gasteiger partial charge in [-0.25, -0.2) is 0 Å². The number of unbranched alkanes of at least 4 members (excludes halogenated alkanes) is 5. The van der Waals surface area contributed by atoms with E-state index in [0.717, 1.165) is 12.8 Å². The Bertz CT molecular complexity index is 148. The smallest absolute Gasteiger partial charge is 0.0582 e. The number of nitrogens with two attached hydrogens (primary N) is 1. The predicted octanol–water partition coefficient (Wildman–Crippen LogP) is 3.33. The molecule has 0 spiro atoms. The summed E-state index contributed by atoms with van der Waals surface area (Å²) < 4.78 is 0. The molecular formula is C14H31NO. The van der Waals surface area contributed by atoms with E-state index in [1.807, 2.05) is 0 Å². The van der Waals surface area contributed by atoms with Crippen molar-refractivity contribution in [1.29, 1.82) is 0 Å². The van der Waals surface area contributed by atoms with Crippen molar-refractivity contribution in [2.75, 3.05) is 6.54 Å². The van der Waals surface area contributed by atoms with Gasteiger partial charge < -0.3 is 10.8 Å². The van der Waals surface area contributed by atoms with Gasteiger partial charge in [0.05, 0.1) is 6.10 Å². The summed E-state index contributed by atoms with van der Waals surface area (Å²) in [6.45, 7) is 7.12. The standard InChI is InChI=1S/C14H31NO/c1-4-5-6-7-8-9-10-14(16)13(11-15)12(2)3/h12-14,16H,4-11,15H2,1-3H3. The first-order chi connectivity index (χ1) is 7.63. The fourth-order valence-electron chi connectivity index (χ4n) is 2.22. The summed E-state index contributed by atoms with van der Waals surface area (Å²) in [5, 5.41) is 10.0. The van der Waals surface area contributed by atoms with Gasteiger partial charge in [0, 0.05) is 0 Å². The van der Waals surface area contributed by atoms with Crippen LogP contribution in [-0.2, 0) is 0 Å². The maximum atomic E-state index is 10.0. The minimum Gasteiger partial charge on any atom is -0.393 e. The third kappa shape index (κ3) is 7.24. The summed E-state index contributed by atoms with van der Waals surface area (Å²) in [7, 11) is 0. The highest BCUT2D eigenvalue weighted by Crippen LogP contribution is 2.19. The van der Waals surface area contributed by atoms with E-state index in [2.05, 4.69) is 20.8 Å². The summed E-state index contributed by atoms with van der Waals surface area (Å²) in [4.78, 5) is 0. The van der Waals surface area contributed by atoms with Gasteiger partial charge in [-0.15, -0.1) is 0 Å². The minimum atomic E-state index is -0.198. The molecule has 2 heteroatoms. The molecule has 0 aromatic carbocycles. The Balaban J connectivity index is 3.52. The molecule has 2 nitrogen and oxygen atoms in total. The lowest BCUT2D eigenvalue weighted by Gasteiger charge is -2.24. The van der Waals surface area contributed by atoms with Gasteiger partial charge in [-0.3, -0.25) is 0 Å². The summed E-state index contributed by atoms with van der Waals surface area (Å²) >= 11 is 0.